The van der Waals surface area contributed by atoms with Crippen LogP contribution in [0, 0.1) is 5.92 Å². The highest BCUT2D eigenvalue weighted by Gasteiger charge is 2.30. The van der Waals surface area contributed by atoms with Gasteiger partial charge >= 0.3 is 5.97 Å². The van der Waals surface area contributed by atoms with Crippen molar-refractivity contribution < 1.29 is 28.7 Å². The fourth-order valence-corrected chi connectivity index (χ4v) is 5.63. The van der Waals surface area contributed by atoms with Gasteiger partial charge < -0.3 is 20.7 Å². The van der Waals surface area contributed by atoms with E-state index in [4.69, 9.17) is 4.74 Å². The molecule has 0 radical (unpaired) electrons. The summed E-state index contributed by atoms with van der Waals surface area (Å²) >= 11 is 2.62. The molecule has 1 aromatic heterocycles. The molecule has 0 unspecified atom stereocenters. The SMILES string of the molecule is C/C=C1\NC(=O)c2nc(ccc2SC)CNC(=O)C[C@@H](/C=C/CCSC(=O)CCCCCCC)OC(=O)[C@H](C(C)C)NC1=O. The zero-order chi connectivity index (χ0) is 32.5. The number of allylic oxidation sites excluding steroid dienone is 2. The molecule has 0 aromatic carbocycles. The first kappa shape index (κ1) is 37.1. The zero-order valence-electron chi connectivity index (χ0n) is 26.4. The first-order chi connectivity index (χ1) is 21.1. The topological polar surface area (TPSA) is 144 Å². The number of cyclic esters (lactones) is 1. The third-order valence-electron chi connectivity index (χ3n) is 6.84. The van der Waals surface area contributed by atoms with Crippen LogP contribution in [-0.4, -0.2) is 57.9 Å². The van der Waals surface area contributed by atoms with E-state index < -0.39 is 29.9 Å². The predicted molar refractivity (Wildman–Crippen MR) is 175 cm³/mol. The molecule has 2 rings (SSSR count). The monoisotopic (exact) mass is 646 g/mol. The van der Waals surface area contributed by atoms with Crippen LogP contribution in [0.1, 0.15) is 95.2 Å². The Morgan fingerprint density at radius 1 is 1.11 bits per heavy atom. The van der Waals surface area contributed by atoms with Crippen molar-refractivity contribution in [1.82, 2.24) is 20.9 Å². The number of unbranched alkanes of at least 4 members (excludes halogenated alkanes) is 4. The maximum atomic E-state index is 13.3. The van der Waals surface area contributed by atoms with Gasteiger partial charge in [-0.2, -0.15) is 0 Å². The molecule has 0 saturated carbocycles. The maximum Gasteiger partial charge on any atom is 0.329 e. The van der Waals surface area contributed by atoms with Crippen LogP contribution in [0.3, 0.4) is 0 Å². The van der Waals surface area contributed by atoms with E-state index in [2.05, 4.69) is 27.9 Å². The minimum atomic E-state index is -1.03. The van der Waals surface area contributed by atoms with Gasteiger partial charge in [-0.05, 0) is 50.1 Å². The quantitative estimate of drug-likeness (QED) is 0.0932. The smallest absolute Gasteiger partial charge is 0.329 e. The highest BCUT2D eigenvalue weighted by atomic mass is 32.2. The molecule has 0 aliphatic carbocycles. The van der Waals surface area contributed by atoms with E-state index in [-0.39, 0.29) is 41.3 Å². The van der Waals surface area contributed by atoms with Gasteiger partial charge in [0.05, 0.1) is 18.7 Å². The maximum absolute atomic E-state index is 13.3. The van der Waals surface area contributed by atoms with Crippen LogP contribution in [0.5, 0.6) is 0 Å². The summed E-state index contributed by atoms with van der Waals surface area (Å²) < 4.78 is 5.72. The number of nitrogens with zero attached hydrogens (tertiary/aromatic N) is 1. The molecule has 44 heavy (non-hydrogen) atoms. The highest BCUT2D eigenvalue weighted by Crippen LogP contribution is 2.20. The Morgan fingerprint density at radius 2 is 1.86 bits per heavy atom. The minimum absolute atomic E-state index is 0.0300. The third kappa shape index (κ3) is 12.9. The van der Waals surface area contributed by atoms with Gasteiger partial charge in [0.2, 0.25) is 5.91 Å². The number of hydrogen-bond acceptors (Lipinski definition) is 9. The molecule has 3 amide bonds. The number of fused-ring (bicyclic) bond motifs is 2. The molecule has 3 N–H and O–H groups in total. The first-order valence-corrected chi connectivity index (χ1v) is 17.4. The first-order valence-electron chi connectivity index (χ1n) is 15.2. The van der Waals surface area contributed by atoms with Gasteiger partial charge in [-0.15, -0.1) is 11.8 Å². The molecule has 2 atom stereocenters. The lowest BCUT2D eigenvalue weighted by Crippen LogP contribution is -2.48. The molecule has 2 bridgehead atoms. The normalized spacial score (nSPS) is 19.5. The molecule has 1 aliphatic rings. The molecule has 1 aliphatic heterocycles. The molecule has 10 nitrogen and oxygen atoms in total. The fraction of sp³-hybridized carbons (Fsp3) is 0.562. The molecule has 1 aromatic rings. The second-order valence-electron chi connectivity index (χ2n) is 10.8. The highest BCUT2D eigenvalue weighted by molar-refractivity contribution is 8.13. The minimum Gasteiger partial charge on any atom is -0.456 e. The van der Waals surface area contributed by atoms with Gasteiger partial charge in [-0.25, -0.2) is 9.78 Å². The van der Waals surface area contributed by atoms with Gasteiger partial charge in [0.1, 0.15) is 23.5 Å². The van der Waals surface area contributed by atoms with Crippen molar-refractivity contribution in [3.63, 3.8) is 0 Å². The summed E-state index contributed by atoms with van der Waals surface area (Å²) in [6, 6.07) is 2.42. The molecule has 2 heterocycles. The number of rotatable bonds is 12. The number of aromatic nitrogens is 1. The van der Waals surface area contributed by atoms with Crippen molar-refractivity contribution in [3.8, 4) is 0 Å². The third-order valence-corrected chi connectivity index (χ3v) is 8.58. The molecule has 12 heteroatoms. The van der Waals surface area contributed by atoms with Crippen molar-refractivity contribution in [2.24, 2.45) is 5.92 Å². The van der Waals surface area contributed by atoms with Crippen LogP contribution in [-0.2, 0) is 30.5 Å². The average molecular weight is 647 g/mol. The van der Waals surface area contributed by atoms with E-state index in [0.717, 1.165) is 19.3 Å². The van der Waals surface area contributed by atoms with Crippen LogP contribution in [0.4, 0.5) is 0 Å². The number of carbonyl (C=O) groups is 5. The number of hydrogen-bond donors (Lipinski definition) is 3. The lowest BCUT2D eigenvalue weighted by atomic mass is 10.0. The van der Waals surface area contributed by atoms with E-state index in [1.807, 2.05) is 6.26 Å². The van der Waals surface area contributed by atoms with Gasteiger partial charge in [0.15, 0.2) is 5.12 Å². The number of nitrogens with one attached hydrogen (secondary N) is 3. The van der Waals surface area contributed by atoms with E-state index in [0.29, 0.717) is 29.2 Å². The zero-order valence-corrected chi connectivity index (χ0v) is 28.0. The number of carbonyl (C=O) groups excluding carboxylic acids is 5. The summed E-state index contributed by atoms with van der Waals surface area (Å²) in [7, 11) is 0. The Balaban J connectivity index is 2.20. The van der Waals surface area contributed by atoms with E-state index in [1.54, 1.807) is 45.1 Å². The lowest BCUT2D eigenvalue weighted by molar-refractivity contribution is -0.153. The van der Waals surface area contributed by atoms with Crippen LogP contribution in [0.25, 0.3) is 0 Å². The molecular formula is C32H46N4O6S2. The Morgan fingerprint density at radius 3 is 2.55 bits per heavy atom. The second-order valence-corrected chi connectivity index (χ2v) is 12.8. The molecule has 0 saturated heterocycles. The molecule has 0 fully saturated rings. The Hall–Kier alpha value is -3.12. The Kier molecular flexibility index (Phi) is 16.9. The standard InChI is InChI=1S/C32H46N4O6S2/c1-6-8-9-10-11-15-27(38)44-18-13-12-14-23-19-26(37)33-20-22-16-17-25(43-5)29(34-22)31(40)35-24(7-2)30(39)36-28(21(3)4)32(41)42-23/h7,12,14,16-17,21,23,28H,6,8-11,13,15,18-20H2,1-5H3,(H,33,37)(H,35,40)(H,36,39)/b14-12+,24-7-/t23-,28+/m1/s1. The number of ether oxygens (including phenoxy) is 1. The van der Waals surface area contributed by atoms with Crippen molar-refractivity contribution in [3.05, 3.63) is 47.4 Å². The molecule has 242 valence electrons. The number of esters is 1. The lowest BCUT2D eigenvalue weighted by Gasteiger charge is -2.24. The molecule has 0 spiro atoms. The summed E-state index contributed by atoms with van der Waals surface area (Å²) in [5.41, 5.74) is 0.547. The van der Waals surface area contributed by atoms with Crippen molar-refractivity contribution in [2.45, 2.75) is 103 Å². The van der Waals surface area contributed by atoms with Gasteiger partial charge in [-0.3, -0.25) is 19.2 Å². The van der Waals surface area contributed by atoms with E-state index in [1.165, 1.54) is 42.4 Å². The molecular weight excluding hydrogens is 601 g/mol. The second kappa shape index (κ2) is 20.0. The summed E-state index contributed by atoms with van der Waals surface area (Å²) in [5.74, 6) is -2.08. The van der Waals surface area contributed by atoms with E-state index in [9.17, 15) is 24.0 Å². The van der Waals surface area contributed by atoms with Gasteiger partial charge in [-0.1, -0.05) is 70.4 Å². The summed E-state index contributed by atoms with van der Waals surface area (Å²) in [6.45, 7) is 7.34. The fourth-order valence-electron chi connectivity index (χ4n) is 4.32. The number of thioether (sulfide) groups is 2. The van der Waals surface area contributed by atoms with Crippen molar-refractivity contribution >= 4 is 52.3 Å². The summed E-state index contributed by atoms with van der Waals surface area (Å²) in [5, 5.41) is 8.22. The van der Waals surface area contributed by atoms with Crippen LogP contribution >= 0.6 is 23.5 Å². The predicted octanol–water partition coefficient (Wildman–Crippen LogP) is 5.08. The van der Waals surface area contributed by atoms with Crippen LogP contribution in [0.2, 0.25) is 0 Å². The summed E-state index contributed by atoms with van der Waals surface area (Å²) in [6.07, 6.45) is 12.3. The Labute approximate surface area is 269 Å². The van der Waals surface area contributed by atoms with Crippen LogP contribution < -0.4 is 16.0 Å². The summed E-state index contributed by atoms with van der Waals surface area (Å²) in [4.78, 5) is 69.6. The Bertz CT molecular complexity index is 1220. The largest absolute Gasteiger partial charge is 0.456 e. The van der Waals surface area contributed by atoms with Crippen molar-refractivity contribution in [1.29, 1.82) is 0 Å². The number of amides is 3. The number of pyridine rings is 1. The van der Waals surface area contributed by atoms with E-state index >= 15 is 0 Å². The van der Waals surface area contributed by atoms with Crippen LogP contribution in [0.15, 0.2) is 41.0 Å². The van der Waals surface area contributed by atoms with Gasteiger partial charge in [0, 0.05) is 17.1 Å². The average Bonchev–Trinajstić information content (AvgIpc) is 2.99. The van der Waals surface area contributed by atoms with Crippen molar-refractivity contribution in [2.75, 3.05) is 12.0 Å². The van der Waals surface area contributed by atoms with Gasteiger partial charge in [0.25, 0.3) is 11.8 Å².